The fraction of sp³-hybridized carbons (Fsp3) is 0.519. The molecule has 5 rings (SSSR count). The van der Waals surface area contributed by atoms with Crippen LogP contribution in [0.1, 0.15) is 36.0 Å². The fourth-order valence-corrected chi connectivity index (χ4v) is 6.17. The van der Waals surface area contributed by atoms with Crippen molar-refractivity contribution in [1.82, 2.24) is 9.80 Å². The number of carbonyl (C=O) groups is 1. The Kier molecular flexibility index (Phi) is 7.52. The van der Waals surface area contributed by atoms with Gasteiger partial charge in [-0.2, -0.15) is 0 Å². The molecule has 2 heterocycles. The van der Waals surface area contributed by atoms with Gasteiger partial charge < -0.3 is 19.4 Å². The third-order valence-electron chi connectivity index (χ3n) is 7.63. The van der Waals surface area contributed by atoms with Crippen molar-refractivity contribution >= 4 is 34.8 Å². The lowest BCUT2D eigenvalue weighted by Crippen LogP contribution is -2.48. The summed E-state index contributed by atoms with van der Waals surface area (Å²) in [7, 11) is 0. The number of benzene rings is 2. The molecule has 3 fully saturated rings. The van der Waals surface area contributed by atoms with E-state index in [4.69, 9.17) is 27.9 Å². The van der Waals surface area contributed by atoms with Crippen LogP contribution in [0, 0.1) is 11.8 Å². The number of rotatable bonds is 7. The molecule has 1 aliphatic carbocycles. The van der Waals surface area contributed by atoms with E-state index >= 15 is 0 Å². The Morgan fingerprint density at radius 3 is 2.35 bits per heavy atom. The lowest BCUT2D eigenvalue weighted by Gasteiger charge is -2.36. The first-order valence-electron chi connectivity index (χ1n) is 12.5. The molecule has 0 radical (unpaired) electrons. The maximum atomic E-state index is 13.0. The van der Waals surface area contributed by atoms with Gasteiger partial charge in [0, 0.05) is 51.4 Å². The molecule has 2 aliphatic heterocycles. The molecule has 0 bridgehead atoms. The predicted octanol–water partition coefficient (Wildman–Crippen LogP) is 5.46. The maximum absolute atomic E-state index is 13.0. The Morgan fingerprint density at radius 1 is 0.941 bits per heavy atom. The smallest absolute Gasteiger partial charge is 0.253 e. The molecule has 5 nitrogen and oxygen atoms in total. The lowest BCUT2D eigenvalue weighted by atomic mass is 10.0. The molecule has 2 atom stereocenters. The van der Waals surface area contributed by atoms with E-state index < -0.39 is 0 Å². The highest BCUT2D eigenvalue weighted by molar-refractivity contribution is 6.43. The van der Waals surface area contributed by atoms with Gasteiger partial charge in [-0.3, -0.25) is 4.79 Å². The maximum Gasteiger partial charge on any atom is 0.253 e. The van der Waals surface area contributed by atoms with Crippen LogP contribution in [-0.4, -0.2) is 68.1 Å². The molecule has 2 aromatic rings. The van der Waals surface area contributed by atoms with E-state index in [1.54, 1.807) is 6.07 Å². The molecule has 0 aromatic heterocycles. The van der Waals surface area contributed by atoms with Crippen molar-refractivity contribution in [2.45, 2.75) is 25.7 Å². The van der Waals surface area contributed by atoms with Crippen LogP contribution in [0.2, 0.25) is 10.0 Å². The van der Waals surface area contributed by atoms with Gasteiger partial charge in [-0.15, -0.1) is 0 Å². The van der Waals surface area contributed by atoms with E-state index in [0.717, 1.165) is 49.3 Å². The van der Waals surface area contributed by atoms with Gasteiger partial charge in [-0.1, -0.05) is 35.7 Å². The van der Waals surface area contributed by atoms with Crippen molar-refractivity contribution in [2.75, 3.05) is 57.3 Å². The normalized spacial score (nSPS) is 22.8. The summed E-state index contributed by atoms with van der Waals surface area (Å²) in [5.41, 5.74) is 1.63. The second-order valence-corrected chi connectivity index (χ2v) is 10.6. The van der Waals surface area contributed by atoms with Crippen LogP contribution in [0.25, 0.3) is 0 Å². The Labute approximate surface area is 212 Å². The zero-order chi connectivity index (χ0) is 23.5. The summed E-state index contributed by atoms with van der Waals surface area (Å²) in [5, 5.41) is 1.13. The first-order chi connectivity index (χ1) is 16.6. The Balaban J connectivity index is 1.05. The summed E-state index contributed by atoms with van der Waals surface area (Å²) in [6.45, 7) is 7.15. The van der Waals surface area contributed by atoms with E-state index in [2.05, 4.69) is 9.80 Å². The Hall–Kier alpha value is -1.95. The van der Waals surface area contributed by atoms with Gasteiger partial charge in [0.1, 0.15) is 5.75 Å². The molecule has 2 aromatic carbocycles. The van der Waals surface area contributed by atoms with E-state index in [1.165, 1.54) is 32.4 Å². The molecular weight excluding hydrogens is 469 g/mol. The van der Waals surface area contributed by atoms with Crippen molar-refractivity contribution in [2.24, 2.45) is 11.8 Å². The summed E-state index contributed by atoms with van der Waals surface area (Å²) in [6, 6.07) is 13.2. The van der Waals surface area contributed by atoms with E-state index in [9.17, 15) is 4.79 Å². The van der Waals surface area contributed by atoms with Crippen molar-refractivity contribution in [3.05, 3.63) is 58.1 Å². The van der Waals surface area contributed by atoms with E-state index in [1.807, 2.05) is 41.3 Å². The van der Waals surface area contributed by atoms with Crippen LogP contribution in [0.3, 0.4) is 0 Å². The summed E-state index contributed by atoms with van der Waals surface area (Å²) >= 11 is 12.5. The average Bonchev–Trinajstić information content (AvgIpc) is 3.46. The van der Waals surface area contributed by atoms with Gasteiger partial charge in [0.05, 0.1) is 22.3 Å². The molecule has 1 saturated carbocycles. The molecule has 34 heavy (non-hydrogen) atoms. The van der Waals surface area contributed by atoms with Crippen molar-refractivity contribution in [3.63, 3.8) is 0 Å². The van der Waals surface area contributed by atoms with Crippen LogP contribution in [0.4, 0.5) is 5.69 Å². The summed E-state index contributed by atoms with van der Waals surface area (Å²) in [5.74, 6) is 2.78. The topological polar surface area (TPSA) is 36.0 Å². The van der Waals surface area contributed by atoms with E-state index in [-0.39, 0.29) is 5.91 Å². The second-order valence-electron chi connectivity index (χ2n) is 9.79. The minimum absolute atomic E-state index is 0.0583. The van der Waals surface area contributed by atoms with Crippen LogP contribution in [0.5, 0.6) is 5.75 Å². The number of ether oxygens (including phenoxy) is 1. The Bertz CT molecular complexity index is 980. The number of piperazine rings is 1. The van der Waals surface area contributed by atoms with Crippen molar-refractivity contribution in [1.29, 1.82) is 0 Å². The minimum Gasteiger partial charge on any atom is -0.494 e. The molecule has 2 unspecified atom stereocenters. The number of likely N-dealkylation sites (tertiary alicyclic amines) is 1. The quantitative estimate of drug-likeness (QED) is 0.472. The third kappa shape index (κ3) is 5.32. The monoisotopic (exact) mass is 501 g/mol. The van der Waals surface area contributed by atoms with Gasteiger partial charge in [0.25, 0.3) is 5.91 Å². The standard InChI is InChI=1S/C27H33Cl2N3O2/c28-24-6-2-7-25(26(24)29)31-13-15-32(16-14-31)27(33)20-8-10-23(11-9-20)34-17-3-12-30-18-21-4-1-5-22(21)19-30/h2,6-11,21-22H,1,3-5,12-19H2. The summed E-state index contributed by atoms with van der Waals surface area (Å²) < 4.78 is 5.94. The molecule has 0 N–H and O–H groups in total. The average molecular weight is 502 g/mol. The molecule has 182 valence electrons. The predicted molar refractivity (Wildman–Crippen MR) is 138 cm³/mol. The number of nitrogens with zero attached hydrogens (tertiary/aromatic N) is 3. The van der Waals surface area contributed by atoms with Crippen molar-refractivity contribution in [3.8, 4) is 5.75 Å². The number of hydrogen-bond acceptors (Lipinski definition) is 4. The van der Waals surface area contributed by atoms with Gasteiger partial charge in [0.15, 0.2) is 0 Å². The number of fused-ring (bicyclic) bond motifs is 1. The number of amides is 1. The Morgan fingerprint density at radius 2 is 1.65 bits per heavy atom. The summed E-state index contributed by atoms with van der Waals surface area (Å²) in [6.07, 6.45) is 5.32. The van der Waals surface area contributed by atoms with Gasteiger partial charge in [0.2, 0.25) is 0 Å². The van der Waals surface area contributed by atoms with Gasteiger partial charge in [-0.25, -0.2) is 0 Å². The first-order valence-corrected chi connectivity index (χ1v) is 13.3. The zero-order valence-electron chi connectivity index (χ0n) is 19.6. The van der Waals surface area contributed by atoms with Crippen LogP contribution < -0.4 is 9.64 Å². The molecule has 7 heteroatoms. The minimum atomic E-state index is 0.0583. The highest BCUT2D eigenvalue weighted by Gasteiger charge is 2.35. The van der Waals surface area contributed by atoms with E-state index in [0.29, 0.717) is 35.3 Å². The third-order valence-corrected chi connectivity index (χ3v) is 8.44. The first kappa shape index (κ1) is 23.8. The molecular formula is C27H33Cl2N3O2. The van der Waals surface area contributed by atoms with Crippen LogP contribution in [0.15, 0.2) is 42.5 Å². The number of hydrogen-bond donors (Lipinski definition) is 0. The van der Waals surface area contributed by atoms with Crippen LogP contribution >= 0.6 is 23.2 Å². The second kappa shape index (κ2) is 10.8. The molecule has 1 amide bonds. The molecule has 0 spiro atoms. The molecule has 2 saturated heterocycles. The summed E-state index contributed by atoms with van der Waals surface area (Å²) in [4.78, 5) is 19.7. The SMILES string of the molecule is O=C(c1ccc(OCCCN2CC3CCCC3C2)cc1)N1CCN(c2cccc(Cl)c2Cl)CC1. The number of carbonyl (C=O) groups excluding carboxylic acids is 1. The lowest BCUT2D eigenvalue weighted by molar-refractivity contribution is 0.0746. The molecule has 3 aliphatic rings. The largest absolute Gasteiger partial charge is 0.494 e. The van der Waals surface area contributed by atoms with Gasteiger partial charge >= 0.3 is 0 Å². The fourth-order valence-electron chi connectivity index (χ4n) is 5.76. The highest BCUT2D eigenvalue weighted by atomic mass is 35.5. The number of anilines is 1. The highest BCUT2D eigenvalue weighted by Crippen LogP contribution is 2.37. The van der Waals surface area contributed by atoms with Crippen molar-refractivity contribution < 1.29 is 9.53 Å². The van der Waals surface area contributed by atoms with Crippen LogP contribution in [-0.2, 0) is 0 Å². The van der Waals surface area contributed by atoms with Gasteiger partial charge in [-0.05, 0) is 67.5 Å². The number of halogens is 2. The zero-order valence-corrected chi connectivity index (χ0v) is 21.1.